The Kier molecular flexibility index (Phi) is 5.16. The summed E-state index contributed by atoms with van der Waals surface area (Å²) >= 11 is 0. The van der Waals surface area contributed by atoms with E-state index in [0.717, 1.165) is 0 Å². The Bertz CT molecular complexity index is 434. The van der Waals surface area contributed by atoms with Crippen LogP contribution in [0.15, 0.2) is 0 Å². The molecule has 0 bridgehead atoms. The minimum absolute atomic E-state index is 0.0242. The van der Waals surface area contributed by atoms with Gasteiger partial charge in [0.2, 0.25) is 0 Å². The Morgan fingerprint density at radius 1 is 1.32 bits per heavy atom. The molecule has 19 heavy (non-hydrogen) atoms. The van der Waals surface area contributed by atoms with Crippen LogP contribution in [0.5, 0.6) is 0 Å². The summed E-state index contributed by atoms with van der Waals surface area (Å²) in [5.74, 6) is -1.01. The van der Waals surface area contributed by atoms with Gasteiger partial charge in [-0.05, 0) is 13.8 Å². The number of nitrogens with zero attached hydrogens (tertiary/aromatic N) is 2. The lowest BCUT2D eigenvalue weighted by atomic mass is 10.2. The van der Waals surface area contributed by atoms with Crippen molar-refractivity contribution in [3.8, 4) is 0 Å². The van der Waals surface area contributed by atoms with Crippen molar-refractivity contribution < 1.29 is 23.1 Å². The summed E-state index contributed by atoms with van der Waals surface area (Å²) < 4.78 is 22.6. The highest BCUT2D eigenvalue weighted by Gasteiger charge is 2.30. The number of hydrogen-bond donors (Lipinski definition) is 1. The van der Waals surface area contributed by atoms with Crippen LogP contribution in [-0.4, -0.2) is 72.5 Å². The van der Waals surface area contributed by atoms with Crippen LogP contribution < -0.4 is 0 Å². The smallest absolute Gasteiger partial charge is 0.320 e. The molecular formula is C11H20N2O5S. The highest BCUT2D eigenvalue weighted by molar-refractivity contribution is 7.91. The van der Waals surface area contributed by atoms with E-state index in [1.165, 1.54) is 9.80 Å². The summed E-state index contributed by atoms with van der Waals surface area (Å²) in [6, 6.07) is -0.695. The second kappa shape index (κ2) is 6.23. The molecule has 1 N–H and O–H groups in total. The topological polar surface area (TPSA) is 95.0 Å². The third kappa shape index (κ3) is 4.38. The van der Waals surface area contributed by atoms with Gasteiger partial charge >= 0.3 is 12.0 Å². The second-order valence-corrected chi connectivity index (χ2v) is 6.96. The lowest BCUT2D eigenvalue weighted by Gasteiger charge is -2.35. The molecule has 7 nitrogen and oxygen atoms in total. The van der Waals surface area contributed by atoms with E-state index in [4.69, 9.17) is 5.11 Å². The van der Waals surface area contributed by atoms with Crippen molar-refractivity contribution in [2.45, 2.75) is 26.3 Å². The molecule has 0 radical (unpaired) electrons. The Hall–Kier alpha value is -1.31. The van der Waals surface area contributed by atoms with Gasteiger partial charge < -0.3 is 14.9 Å². The SMILES string of the molecule is CCN(C(=O)N1CCS(=O)(=O)CC1)C(C)CC(=O)O. The highest BCUT2D eigenvalue weighted by atomic mass is 32.2. The number of rotatable bonds is 4. The molecule has 0 aromatic heterocycles. The molecule has 1 rings (SSSR count). The first kappa shape index (κ1) is 15.7. The lowest BCUT2D eigenvalue weighted by Crippen LogP contribution is -2.52. The average Bonchev–Trinajstić information content (AvgIpc) is 2.28. The van der Waals surface area contributed by atoms with E-state index < -0.39 is 21.8 Å². The first-order valence-electron chi connectivity index (χ1n) is 6.24. The quantitative estimate of drug-likeness (QED) is 0.788. The number of carbonyl (C=O) groups is 2. The van der Waals surface area contributed by atoms with Crippen LogP contribution in [0.1, 0.15) is 20.3 Å². The van der Waals surface area contributed by atoms with Crippen LogP contribution >= 0.6 is 0 Å². The van der Waals surface area contributed by atoms with Crippen LogP contribution in [0.3, 0.4) is 0 Å². The summed E-state index contributed by atoms with van der Waals surface area (Å²) in [5.41, 5.74) is 0. The molecule has 110 valence electrons. The molecule has 1 fully saturated rings. The summed E-state index contributed by atoms with van der Waals surface area (Å²) in [7, 11) is -3.03. The molecule has 8 heteroatoms. The number of amides is 2. The zero-order valence-corrected chi connectivity index (χ0v) is 12.0. The average molecular weight is 292 g/mol. The van der Waals surface area contributed by atoms with Crippen molar-refractivity contribution in [1.82, 2.24) is 9.80 Å². The largest absolute Gasteiger partial charge is 0.481 e. The summed E-state index contributed by atoms with van der Waals surface area (Å²) in [5, 5.41) is 8.76. The van der Waals surface area contributed by atoms with Crippen molar-refractivity contribution in [2.75, 3.05) is 31.1 Å². The van der Waals surface area contributed by atoms with Crippen LogP contribution in [0.25, 0.3) is 0 Å². The molecule has 1 heterocycles. The zero-order chi connectivity index (χ0) is 14.6. The molecule has 0 spiro atoms. The van der Waals surface area contributed by atoms with Gasteiger partial charge in [0.25, 0.3) is 0 Å². The van der Waals surface area contributed by atoms with Crippen LogP contribution in [0, 0.1) is 0 Å². The molecule has 1 saturated heterocycles. The van der Waals surface area contributed by atoms with Gasteiger partial charge in [-0.15, -0.1) is 0 Å². The number of aliphatic carboxylic acids is 1. The van der Waals surface area contributed by atoms with E-state index in [1.807, 2.05) is 0 Å². The maximum atomic E-state index is 12.2. The van der Waals surface area contributed by atoms with Gasteiger partial charge in [-0.2, -0.15) is 0 Å². The van der Waals surface area contributed by atoms with E-state index in [9.17, 15) is 18.0 Å². The Morgan fingerprint density at radius 3 is 2.26 bits per heavy atom. The summed E-state index contributed by atoms with van der Waals surface area (Å²) in [4.78, 5) is 25.9. The number of carboxylic acid groups (broad SMARTS) is 1. The van der Waals surface area contributed by atoms with Gasteiger partial charge in [0.05, 0.1) is 17.9 Å². The van der Waals surface area contributed by atoms with Gasteiger partial charge in [0.15, 0.2) is 9.84 Å². The third-order valence-corrected chi connectivity index (χ3v) is 4.81. The van der Waals surface area contributed by atoms with Crippen LogP contribution in [-0.2, 0) is 14.6 Å². The van der Waals surface area contributed by atoms with Crippen molar-refractivity contribution >= 4 is 21.8 Å². The fourth-order valence-corrected chi connectivity index (χ4v) is 3.28. The maximum Gasteiger partial charge on any atom is 0.320 e. The fraction of sp³-hybridized carbons (Fsp3) is 0.818. The number of carboxylic acids is 1. The highest BCUT2D eigenvalue weighted by Crippen LogP contribution is 2.11. The monoisotopic (exact) mass is 292 g/mol. The molecule has 1 aliphatic heterocycles. The first-order valence-corrected chi connectivity index (χ1v) is 8.06. The standard InChI is InChI=1S/C11H20N2O5S/c1-3-13(9(2)8-10(14)15)11(16)12-4-6-19(17,18)7-5-12/h9H,3-8H2,1-2H3,(H,14,15). The molecule has 0 aliphatic carbocycles. The molecule has 2 amide bonds. The van der Waals surface area contributed by atoms with Crippen molar-refractivity contribution in [2.24, 2.45) is 0 Å². The van der Waals surface area contributed by atoms with Crippen molar-refractivity contribution in [1.29, 1.82) is 0 Å². The van der Waals surface area contributed by atoms with E-state index in [-0.39, 0.29) is 37.0 Å². The Morgan fingerprint density at radius 2 is 1.84 bits per heavy atom. The van der Waals surface area contributed by atoms with Crippen LogP contribution in [0.2, 0.25) is 0 Å². The number of urea groups is 1. The lowest BCUT2D eigenvalue weighted by molar-refractivity contribution is -0.138. The molecule has 0 aromatic carbocycles. The summed E-state index contributed by atoms with van der Waals surface area (Å²) in [6.45, 7) is 4.21. The predicted octanol–water partition coefficient (Wildman–Crippen LogP) is 0.0219. The van der Waals surface area contributed by atoms with Gasteiger partial charge in [-0.3, -0.25) is 4.79 Å². The molecule has 0 saturated carbocycles. The predicted molar refractivity (Wildman–Crippen MR) is 69.7 cm³/mol. The molecule has 1 unspecified atom stereocenters. The van der Waals surface area contributed by atoms with Crippen molar-refractivity contribution in [3.63, 3.8) is 0 Å². The number of carbonyl (C=O) groups excluding carboxylic acids is 1. The molecule has 1 aliphatic rings. The fourth-order valence-electron chi connectivity index (χ4n) is 2.08. The normalized spacial score (nSPS) is 19.8. The Balaban J connectivity index is 2.66. The zero-order valence-electron chi connectivity index (χ0n) is 11.2. The van der Waals surface area contributed by atoms with Gasteiger partial charge in [0.1, 0.15) is 0 Å². The van der Waals surface area contributed by atoms with Crippen molar-refractivity contribution in [3.05, 3.63) is 0 Å². The second-order valence-electron chi connectivity index (χ2n) is 4.65. The van der Waals surface area contributed by atoms with Crippen LogP contribution in [0.4, 0.5) is 4.79 Å². The van der Waals surface area contributed by atoms with Gasteiger partial charge in [-0.1, -0.05) is 0 Å². The van der Waals surface area contributed by atoms with E-state index in [0.29, 0.717) is 6.54 Å². The molecular weight excluding hydrogens is 272 g/mol. The maximum absolute atomic E-state index is 12.2. The van der Waals surface area contributed by atoms with E-state index >= 15 is 0 Å². The minimum atomic E-state index is -3.03. The van der Waals surface area contributed by atoms with Gasteiger partial charge in [0, 0.05) is 25.7 Å². The van der Waals surface area contributed by atoms with E-state index in [2.05, 4.69) is 0 Å². The molecule has 0 aromatic rings. The van der Waals surface area contributed by atoms with Gasteiger partial charge in [-0.25, -0.2) is 13.2 Å². The minimum Gasteiger partial charge on any atom is -0.481 e. The van der Waals surface area contributed by atoms with E-state index in [1.54, 1.807) is 13.8 Å². The number of hydrogen-bond acceptors (Lipinski definition) is 4. The first-order chi connectivity index (χ1) is 8.76. The number of sulfone groups is 1. The Labute approximate surface area is 113 Å². The molecule has 1 atom stereocenters. The third-order valence-electron chi connectivity index (χ3n) is 3.20. The summed E-state index contributed by atoms with van der Waals surface area (Å²) in [6.07, 6.45) is -0.119.